The van der Waals surface area contributed by atoms with E-state index in [1.165, 1.54) is 32.8 Å². The van der Waals surface area contributed by atoms with Gasteiger partial charge in [0.25, 0.3) is 0 Å². The van der Waals surface area contributed by atoms with Gasteiger partial charge in [0.2, 0.25) is 0 Å². The highest BCUT2D eigenvalue weighted by Gasteiger charge is 2.64. The lowest BCUT2D eigenvalue weighted by Crippen LogP contribution is -2.39. The maximum Gasteiger partial charge on any atom is 0.309 e. The third kappa shape index (κ3) is 4.12. The number of fused-ring (bicyclic) bond motifs is 10. The van der Waals surface area contributed by atoms with Crippen molar-refractivity contribution in [2.45, 2.75) is 96.4 Å². The predicted molar refractivity (Wildman–Crippen MR) is 141 cm³/mol. The van der Waals surface area contributed by atoms with Gasteiger partial charge < -0.3 is 18.9 Å². The molecule has 15 atom stereocenters. The summed E-state index contributed by atoms with van der Waals surface area (Å²) in [5.74, 6) is 2.15. The van der Waals surface area contributed by atoms with Crippen LogP contribution in [0.5, 0.6) is 0 Å². The largest absolute Gasteiger partial charge is 0.469 e. The van der Waals surface area contributed by atoms with Gasteiger partial charge in [-0.05, 0) is 99.7 Å². The molecule has 0 spiro atoms. The first-order valence-corrected chi connectivity index (χ1v) is 16.0. The molecule has 6 saturated carbocycles. The number of hydrogen-bond donors (Lipinski definition) is 0. The Morgan fingerprint density at radius 1 is 0.825 bits per heavy atom. The van der Waals surface area contributed by atoms with E-state index >= 15 is 0 Å². The third-order valence-corrected chi connectivity index (χ3v) is 12.6. The molecule has 0 aromatic rings. The molecule has 0 amide bonds. The van der Waals surface area contributed by atoms with Gasteiger partial charge in [0.1, 0.15) is 18.3 Å². The second kappa shape index (κ2) is 10.0. The molecule has 6 aliphatic carbocycles. The highest BCUT2D eigenvalue weighted by atomic mass is 16.6. The van der Waals surface area contributed by atoms with Crippen LogP contribution in [-0.2, 0) is 38.1 Å². The van der Waals surface area contributed by atoms with Crippen molar-refractivity contribution >= 4 is 23.9 Å². The van der Waals surface area contributed by atoms with Crippen LogP contribution in [0.2, 0.25) is 0 Å². The summed E-state index contributed by atoms with van der Waals surface area (Å²) in [6.07, 6.45) is 8.27. The summed E-state index contributed by atoms with van der Waals surface area (Å²) in [4.78, 5) is 51.4. The molecular weight excluding hydrogens is 512 g/mol. The summed E-state index contributed by atoms with van der Waals surface area (Å²) in [6, 6.07) is 0. The lowest BCUT2D eigenvalue weighted by Gasteiger charge is -2.38. The summed E-state index contributed by atoms with van der Waals surface area (Å²) >= 11 is 0. The molecule has 1 aliphatic heterocycles. The Morgan fingerprint density at radius 2 is 1.57 bits per heavy atom. The summed E-state index contributed by atoms with van der Waals surface area (Å²) < 4.78 is 22.7. The average Bonchev–Trinajstić information content (AvgIpc) is 3.78. The van der Waals surface area contributed by atoms with Crippen LogP contribution in [-0.4, -0.2) is 49.3 Å². The quantitative estimate of drug-likeness (QED) is 0.223. The summed E-state index contributed by atoms with van der Waals surface area (Å²) in [5, 5.41) is 0. The third-order valence-electron chi connectivity index (χ3n) is 12.6. The molecule has 8 heteroatoms. The molecule has 40 heavy (non-hydrogen) atoms. The summed E-state index contributed by atoms with van der Waals surface area (Å²) in [6.45, 7) is 3.73. The number of ether oxygens (including phenoxy) is 4. The molecule has 0 N–H and O–H groups in total. The molecule has 7 fully saturated rings. The highest BCUT2D eigenvalue weighted by Crippen LogP contribution is 2.67. The van der Waals surface area contributed by atoms with Crippen molar-refractivity contribution in [3.05, 3.63) is 0 Å². The molecule has 0 radical (unpaired) electrons. The van der Waals surface area contributed by atoms with Crippen molar-refractivity contribution < 1.29 is 38.1 Å². The normalized spacial score (nSPS) is 45.2. The van der Waals surface area contributed by atoms with Crippen molar-refractivity contribution in [2.75, 3.05) is 7.11 Å². The number of methoxy groups -OCH3 is 1. The van der Waals surface area contributed by atoms with Crippen LogP contribution in [0.4, 0.5) is 0 Å². The van der Waals surface area contributed by atoms with E-state index < -0.39 is 29.8 Å². The Labute approximate surface area is 236 Å². The monoisotopic (exact) mass is 556 g/mol. The Morgan fingerprint density at radius 3 is 2.33 bits per heavy atom. The van der Waals surface area contributed by atoms with E-state index in [9.17, 15) is 19.2 Å². The van der Waals surface area contributed by atoms with Crippen molar-refractivity contribution in [2.24, 2.45) is 71.0 Å². The van der Waals surface area contributed by atoms with Crippen LogP contribution in [0.25, 0.3) is 0 Å². The van der Waals surface area contributed by atoms with Gasteiger partial charge in [-0.15, -0.1) is 0 Å². The Balaban J connectivity index is 0.950. The molecule has 8 nitrogen and oxygen atoms in total. The molecular formula is C32H44O8. The van der Waals surface area contributed by atoms with Gasteiger partial charge in [0, 0.05) is 11.8 Å². The van der Waals surface area contributed by atoms with E-state index in [0.717, 1.165) is 42.9 Å². The molecule has 1 saturated heterocycles. The number of rotatable bonds is 10. The smallest absolute Gasteiger partial charge is 0.309 e. The second-order valence-electron chi connectivity index (χ2n) is 14.4. The molecule has 220 valence electrons. The van der Waals surface area contributed by atoms with Gasteiger partial charge >= 0.3 is 23.9 Å². The standard InChI is InChI=1S/C32H44O8/c1-4-15(31(35)39-27-19-11-21-22(12-19)32(36)40-28(21)27)8-20(30(34)37-3)7-14(2)29(33)38-24-13-18-10-23(24)26-17-6-5-16(9-17)25(18)26/h14-28H,4-13H2,1-3H3. The predicted octanol–water partition coefficient (Wildman–Crippen LogP) is 4.33. The van der Waals surface area contributed by atoms with Crippen LogP contribution in [0.3, 0.4) is 0 Å². The average molecular weight is 557 g/mol. The SMILES string of the molecule is CCC(CC(CC(C)C(=O)OC1CC2CC1C1C3CCC(C3)C21)C(=O)OC)C(=O)OC1C2CC3C(=O)OC1C3C2. The summed E-state index contributed by atoms with van der Waals surface area (Å²) in [7, 11) is 1.35. The maximum atomic E-state index is 13.3. The fourth-order valence-electron chi connectivity index (χ4n) is 11.0. The van der Waals surface area contributed by atoms with Crippen molar-refractivity contribution in [1.29, 1.82) is 0 Å². The van der Waals surface area contributed by atoms with Crippen LogP contribution < -0.4 is 0 Å². The van der Waals surface area contributed by atoms with E-state index in [1.54, 1.807) is 0 Å². The van der Waals surface area contributed by atoms with Crippen molar-refractivity contribution in [1.82, 2.24) is 0 Å². The topological polar surface area (TPSA) is 105 Å². The molecule has 15 unspecified atom stereocenters. The van der Waals surface area contributed by atoms with Crippen LogP contribution in [0.1, 0.15) is 78.1 Å². The number of hydrogen-bond acceptors (Lipinski definition) is 8. The van der Waals surface area contributed by atoms with Crippen LogP contribution in [0.15, 0.2) is 0 Å². The zero-order valence-electron chi connectivity index (χ0n) is 24.0. The Bertz CT molecular complexity index is 1070. The van der Waals surface area contributed by atoms with Gasteiger partial charge in [-0.25, -0.2) is 0 Å². The zero-order chi connectivity index (χ0) is 27.9. The molecule has 0 aromatic heterocycles. The second-order valence-corrected chi connectivity index (χ2v) is 14.4. The van der Waals surface area contributed by atoms with Crippen LogP contribution in [0, 0.1) is 71.0 Å². The van der Waals surface area contributed by atoms with Gasteiger partial charge in [0.05, 0.1) is 30.8 Å². The van der Waals surface area contributed by atoms with E-state index in [4.69, 9.17) is 18.9 Å². The summed E-state index contributed by atoms with van der Waals surface area (Å²) in [5.41, 5.74) is 0. The lowest BCUT2D eigenvalue weighted by molar-refractivity contribution is -0.167. The van der Waals surface area contributed by atoms with Gasteiger partial charge in [-0.3, -0.25) is 19.2 Å². The number of esters is 4. The van der Waals surface area contributed by atoms with Gasteiger partial charge in [0.15, 0.2) is 0 Å². The van der Waals surface area contributed by atoms with Gasteiger partial charge in [-0.2, -0.15) is 0 Å². The molecule has 7 aliphatic rings. The molecule has 6 bridgehead atoms. The zero-order valence-corrected chi connectivity index (χ0v) is 24.0. The lowest BCUT2D eigenvalue weighted by atomic mass is 9.70. The van der Waals surface area contributed by atoms with Gasteiger partial charge in [-0.1, -0.05) is 13.8 Å². The van der Waals surface area contributed by atoms with Crippen molar-refractivity contribution in [3.63, 3.8) is 0 Å². The number of carbonyl (C=O) groups excluding carboxylic acids is 4. The maximum absolute atomic E-state index is 13.3. The van der Waals surface area contributed by atoms with E-state index in [1.807, 2.05) is 13.8 Å². The van der Waals surface area contributed by atoms with E-state index in [2.05, 4.69) is 0 Å². The Kier molecular flexibility index (Phi) is 6.69. The molecule has 1 heterocycles. The molecule has 0 aromatic carbocycles. The minimum Gasteiger partial charge on any atom is -0.469 e. The first-order valence-electron chi connectivity index (χ1n) is 16.0. The first kappa shape index (κ1) is 26.8. The minimum atomic E-state index is -0.603. The van der Waals surface area contributed by atoms with Crippen molar-refractivity contribution in [3.8, 4) is 0 Å². The Hall–Kier alpha value is -2.12. The van der Waals surface area contributed by atoms with Crippen LogP contribution >= 0.6 is 0 Å². The fourth-order valence-corrected chi connectivity index (χ4v) is 11.0. The highest BCUT2D eigenvalue weighted by molar-refractivity contribution is 5.79. The molecule has 7 rings (SSSR count). The van der Waals surface area contributed by atoms with E-state index in [-0.39, 0.29) is 60.7 Å². The van der Waals surface area contributed by atoms with E-state index in [0.29, 0.717) is 18.3 Å². The fraction of sp³-hybridized carbons (Fsp3) is 0.875. The first-order chi connectivity index (χ1) is 19.3. The minimum absolute atomic E-state index is 0.0153. The number of carbonyl (C=O) groups is 4.